The average molecular weight is 522 g/mol. The smallest absolute Gasteiger partial charge is 0.335 e. The molecule has 0 aliphatic heterocycles. The van der Waals surface area contributed by atoms with Crippen LogP contribution in [0.3, 0.4) is 0 Å². The molecule has 0 fully saturated rings. The molecule has 0 unspecified atom stereocenters. The highest BCUT2D eigenvalue weighted by molar-refractivity contribution is 7.92. The van der Waals surface area contributed by atoms with Crippen molar-refractivity contribution < 1.29 is 23.1 Å². The zero-order chi connectivity index (χ0) is 26.8. The Hall–Kier alpha value is -3.45. The second kappa shape index (κ2) is 13.2. The number of sulfonamides is 1. The van der Waals surface area contributed by atoms with Gasteiger partial charge < -0.3 is 5.11 Å². The summed E-state index contributed by atoms with van der Waals surface area (Å²) in [5, 5.41) is 9.13. The Labute approximate surface area is 220 Å². The standard InChI is InChI=1S/C30H35NO5S/c1-3-4-5-6-9-22-31(37(35,36)28-20-18-25(19-21-28)23(2)32)29-11-8-7-10-26(29)15-12-24-13-16-27(17-14-24)30(33)34/h7-8,10-11,13-14,16-21H,3-6,9,12,15,22H2,1-2H3,(H,33,34). The summed E-state index contributed by atoms with van der Waals surface area (Å²) in [5.41, 5.74) is 3.24. The van der Waals surface area contributed by atoms with Crippen LogP contribution in [0.15, 0.2) is 77.7 Å². The molecule has 0 saturated heterocycles. The number of para-hydroxylation sites is 1. The van der Waals surface area contributed by atoms with Gasteiger partial charge in [0, 0.05) is 12.1 Å². The normalized spacial score (nSPS) is 11.3. The SMILES string of the molecule is CCCCCCCN(c1ccccc1CCc1ccc(C(=O)O)cc1)S(=O)(=O)c1ccc(C(C)=O)cc1. The summed E-state index contributed by atoms with van der Waals surface area (Å²) < 4.78 is 29.2. The lowest BCUT2D eigenvalue weighted by atomic mass is 10.0. The summed E-state index contributed by atoms with van der Waals surface area (Å²) in [6, 6.07) is 20.4. The summed E-state index contributed by atoms with van der Waals surface area (Å²) in [5.74, 6) is -1.08. The maximum Gasteiger partial charge on any atom is 0.335 e. The first-order valence-corrected chi connectivity index (χ1v) is 14.2. The number of ketones is 1. The minimum Gasteiger partial charge on any atom is -0.478 e. The molecule has 7 heteroatoms. The average Bonchev–Trinajstić information content (AvgIpc) is 2.90. The molecule has 37 heavy (non-hydrogen) atoms. The van der Waals surface area contributed by atoms with Gasteiger partial charge >= 0.3 is 5.97 Å². The Morgan fingerprint density at radius 2 is 1.41 bits per heavy atom. The van der Waals surface area contributed by atoms with Crippen LogP contribution < -0.4 is 4.31 Å². The van der Waals surface area contributed by atoms with E-state index in [4.69, 9.17) is 5.11 Å². The molecular formula is C30H35NO5S. The Morgan fingerprint density at radius 3 is 2.03 bits per heavy atom. The van der Waals surface area contributed by atoms with Crippen molar-refractivity contribution in [1.29, 1.82) is 0 Å². The molecule has 0 amide bonds. The number of carboxylic acids is 1. The number of nitrogens with zero attached hydrogens (tertiary/aromatic N) is 1. The Morgan fingerprint density at radius 1 is 0.784 bits per heavy atom. The molecule has 0 bridgehead atoms. The number of carbonyl (C=O) groups is 2. The van der Waals surface area contributed by atoms with Gasteiger partial charge in [-0.15, -0.1) is 0 Å². The molecule has 196 valence electrons. The molecule has 0 aliphatic rings. The van der Waals surface area contributed by atoms with E-state index >= 15 is 0 Å². The predicted octanol–water partition coefficient (Wildman–Crippen LogP) is 6.54. The van der Waals surface area contributed by atoms with Gasteiger partial charge in [0.2, 0.25) is 0 Å². The maximum absolute atomic E-state index is 13.8. The van der Waals surface area contributed by atoms with Crippen LogP contribution in [0.2, 0.25) is 0 Å². The fraction of sp³-hybridized carbons (Fsp3) is 0.333. The highest BCUT2D eigenvalue weighted by atomic mass is 32.2. The molecule has 0 aliphatic carbocycles. The van der Waals surface area contributed by atoms with E-state index in [-0.39, 0.29) is 16.2 Å². The zero-order valence-electron chi connectivity index (χ0n) is 21.5. The number of benzene rings is 3. The van der Waals surface area contributed by atoms with Crippen LogP contribution in [0.1, 0.15) is 77.8 Å². The van der Waals surface area contributed by atoms with E-state index < -0.39 is 16.0 Å². The second-order valence-corrected chi connectivity index (χ2v) is 11.1. The quantitative estimate of drug-likeness (QED) is 0.192. The molecular weight excluding hydrogens is 486 g/mol. The minimum absolute atomic E-state index is 0.113. The number of aromatic carboxylic acids is 1. The van der Waals surface area contributed by atoms with Crippen molar-refractivity contribution in [3.63, 3.8) is 0 Å². The van der Waals surface area contributed by atoms with Crippen LogP contribution in [0.4, 0.5) is 5.69 Å². The molecule has 0 spiro atoms. The summed E-state index contributed by atoms with van der Waals surface area (Å²) >= 11 is 0. The van der Waals surface area contributed by atoms with Gasteiger partial charge in [-0.05, 0) is 67.6 Å². The van der Waals surface area contributed by atoms with Crippen molar-refractivity contribution in [1.82, 2.24) is 0 Å². The third-order valence-corrected chi connectivity index (χ3v) is 8.29. The number of Topliss-reactive ketones (excluding diaryl/α,β-unsaturated/α-hetero) is 1. The lowest BCUT2D eigenvalue weighted by molar-refractivity contribution is 0.0696. The first-order chi connectivity index (χ1) is 17.7. The van der Waals surface area contributed by atoms with Crippen molar-refractivity contribution in [3.8, 4) is 0 Å². The number of unbranched alkanes of at least 4 members (excludes halogenated alkanes) is 4. The lowest BCUT2D eigenvalue weighted by Crippen LogP contribution is -2.33. The molecule has 3 aromatic rings. The van der Waals surface area contributed by atoms with E-state index in [1.165, 1.54) is 23.4 Å². The predicted molar refractivity (Wildman–Crippen MR) is 147 cm³/mol. The zero-order valence-corrected chi connectivity index (χ0v) is 22.3. The molecule has 0 radical (unpaired) electrons. The monoisotopic (exact) mass is 521 g/mol. The van der Waals surface area contributed by atoms with E-state index in [9.17, 15) is 18.0 Å². The molecule has 3 rings (SSSR count). The first kappa shape index (κ1) is 28.1. The fourth-order valence-electron chi connectivity index (χ4n) is 4.28. The maximum atomic E-state index is 13.8. The number of carboxylic acid groups (broad SMARTS) is 1. The summed E-state index contributed by atoms with van der Waals surface area (Å²) in [6.45, 7) is 3.97. The topological polar surface area (TPSA) is 91.8 Å². The van der Waals surface area contributed by atoms with Crippen molar-refractivity contribution in [2.45, 2.75) is 63.7 Å². The van der Waals surface area contributed by atoms with Crippen molar-refractivity contribution in [3.05, 3.63) is 95.1 Å². The molecule has 3 aromatic carbocycles. The van der Waals surface area contributed by atoms with Gasteiger partial charge in [0.25, 0.3) is 10.0 Å². The van der Waals surface area contributed by atoms with Crippen LogP contribution >= 0.6 is 0 Å². The third-order valence-electron chi connectivity index (χ3n) is 6.46. The van der Waals surface area contributed by atoms with Crippen LogP contribution in [0.25, 0.3) is 0 Å². The second-order valence-electron chi connectivity index (χ2n) is 9.20. The van der Waals surface area contributed by atoms with Crippen LogP contribution in [0, 0.1) is 0 Å². The Bertz CT molecular complexity index is 1300. The number of hydrogen-bond acceptors (Lipinski definition) is 4. The summed E-state index contributed by atoms with van der Waals surface area (Å²) in [7, 11) is -3.85. The number of hydrogen-bond donors (Lipinski definition) is 1. The van der Waals surface area contributed by atoms with Crippen molar-refractivity contribution in [2.24, 2.45) is 0 Å². The fourth-order valence-corrected chi connectivity index (χ4v) is 5.82. The first-order valence-electron chi connectivity index (χ1n) is 12.8. The molecule has 0 aromatic heterocycles. The summed E-state index contributed by atoms with van der Waals surface area (Å²) in [4.78, 5) is 23.0. The van der Waals surface area contributed by atoms with Crippen LogP contribution in [0.5, 0.6) is 0 Å². The van der Waals surface area contributed by atoms with E-state index in [2.05, 4.69) is 6.92 Å². The lowest BCUT2D eigenvalue weighted by Gasteiger charge is -2.27. The Kier molecular flexibility index (Phi) is 10.0. The van der Waals surface area contributed by atoms with Crippen LogP contribution in [-0.4, -0.2) is 31.8 Å². The largest absolute Gasteiger partial charge is 0.478 e. The molecule has 6 nitrogen and oxygen atoms in total. The Balaban J connectivity index is 1.90. The van der Waals surface area contributed by atoms with Crippen molar-refractivity contribution >= 4 is 27.5 Å². The van der Waals surface area contributed by atoms with Gasteiger partial charge in [-0.25, -0.2) is 13.2 Å². The van der Waals surface area contributed by atoms with Gasteiger partial charge in [0.05, 0.1) is 16.1 Å². The number of aryl methyl sites for hydroxylation is 2. The summed E-state index contributed by atoms with van der Waals surface area (Å²) in [6.07, 6.45) is 6.24. The number of anilines is 1. The molecule has 1 N–H and O–H groups in total. The molecule has 0 atom stereocenters. The van der Waals surface area contributed by atoms with E-state index in [0.29, 0.717) is 30.6 Å². The highest BCUT2D eigenvalue weighted by Gasteiger charge is 2.26. The van der Waals surface area contributed by atoms with Gasteiger partial charge in [0.15, 0.2) is 5.78 Å². The van der Waals surface area contributed by atoms with Gasteiger partial charge in [-0.2, -0.15) is 0 Å². The van der Waals surface area contributed by atoms with E-state index in [0.717, 1.165) is 43.2 Å². The van der Waals surface area contributed by atoms with E-state index in [1.54, 1.807) is 36.4 Å². The third kappa shape index (κ3) is 7.52. The van der Waals surface area contributed by atoms with Gasteiger partial charge in [-0.3, -0.25) is 9.10 Å². The molecule has 0 saturated carbocycles. The van der Waals surface area contributed by atoms with Gasteiger partial charge in [0.1, 0.15) is 0 Å². The van der Waals surface area contributed by atoms with Crippen LogP contribution in [-0.2, 0) is 22.9 Å². The highest BCUT2D eigenvalue weighted by Crippen LogP contribution is 2.29. The number of rotatable bonds is 14. The van der Waals surface area contributed by atoms with Crippen molar-refractivity contribution in [2.75, 3.05) is 10.8 Å². The number of carbonyl (C=O) groups excluding carboxylic acids is 1. The van der Waals surface area contributed by atoms with Gasteiger partial charge in [-0.1, -0.05) is 75.1 Å². The minimum atomic E-state index is -3.85. The molecule has 0 heterocycles. The van der Waals surface area contributed by atoms with E-state index in [1.807, 2.05) is 24.3 Å².